The lowest BCUT2D eigenvalue weighted by atomic mass is 10.1. The van der Waals surface area contributed by atoms with Gasteiger partial charge in [-0.05, 0) is 30.7 Å². The molecule has 1 atom stereocenters. The second kappa shape index (κ2) is 6.41. The number of aliphatic hydroxyl groups excluding tert-OH is 1. The zero-order valence-corrected chi connectivity index (χ0v) is 13.8. The van der Waals surface area contributed by atoms with E-state index in [0.717, 1.165) is 10.8 Å². The number of nitrogens with zero attached hydrogens (tertiary/aromatic N) is 1. The molecule has 0 fully saturated rings. The Balaban J connectivity index is 2.12. The Hall–Kier alpha value is -2.73. The number of aromatic nitrogens is 1. The third-order valence-corrected chi connectivity index (χ3v) is 3.82. The molecular weight excluding hydrogens is 310 g/mol. The SMILES string of the molecule is C=C(C)C(O)COc1ccc2c(OC)c3ccoc3nc2c1OC. The van der Waals surface area contributed by atoms with Gasteiger partial charge < -0.3 is 23.7 Å². The van der Waals surface area contributed by atoms with E-state index in [4.69, 9.17) is 18.6 Å². The van der Waals surface area contributed by atoms with Crippen LogP contribution < -0.4 is 14.2 Å². The zero-order chi connectivity index (χ0) is 17.3. The molecule has 6 nitrogen and oxygen atoms in total. The Kier molecular flexibility index (Phi) is 4.31. The third kappa shape index (κ3) is 2.65. The van der Waals surface area contributed by atoms with E-state index in [1.165, 1.54) is 7.11 Å². The normalized spacial score (nSPS) is 12.3. The summed E-state index contributed by atoms with van der Waals surface area (Å²) in [5.41, 5.74) is 1.66. The topological polar surface area (TPSA) is 74.0 Å². The number of aliphatic hydroxyl groups is 1. The van der Waals surface area contributed by atoms with Gasteiger partial charge in [-0.15, -0.1) is 0 Å². The Morgan fingerprint density at radius 3 is 2.62 bits per heavy atom. The van der Waals surface area contributed by atoms with Crippen molar-refractivity contribution in [3.05, 3.63) is 36.6 Å². The fraction of sp³-hybridized carbons (Fsp3) is 0.278. The molecule has 24 heavy (non-hydrogen) atoms. The lowest BCUT2D eigenvalue weighted by molar-refractivity contribution is 0.133. The molecule has 0 amide bonds. The molecule has 6 heteroatoms. The smallest absolute Gasteiger partial charge is 0.230 e. The van der Waals surface area contributed by atoms with Crippen molar-refractivity contribution in [1.29, 1.82) is 0 Å². The molecule has 0 aliphatic heterocycles. The second-order valence-electron chi connectivity index (χ2n) is 5.45. The van der Waals surface area contributed by atoms with Crippen LogP contribution in [-0.4, -0.2) is 37.0 Å². The van der Waals surface area contributed by atoms with Gasteiger partial charge in [0.15, 0.2) is 11.5 Å². The van der Waals surface area contributed by atoms with Crippen molar-refractivity contribution < 1.29 is 23.7 Å². The van der Waals surface area contributed by atoms with Gasteiger partial charge in [-0.3, -0.25) is 0 Å². The first kappa shape index (κ1) is 16.1. The molecule has 0 bridgehead atoms. The molecule has 2 aromatic heterocycles. The van der Waals surface area contributed by atoms with Gasteiger partial charge in [-0.2, -0.15) is 0 Å². The number of hydrogen-bond donors (Lipinski definition) is 1. The lowest BCUT2D eigenvalue weighted by Crippen LogP contribution is -2.18. The van der Waals surface area contributed by atoms with Crippen LogP contribution in [0.5, 0.6) is 17.2 Å². The van der Waals surface area contributed by atoms with Gasteiger partial charge in [0, 0.05) is 5.39 Å². The molecule has 3 aromatic rings. The summed E-state index contributed by atoms with van der Waals surface area (Å²) in [5, 5.41) is 11.4. The summed E-state index contributed by atoms with van der Waals surface area (Å²) in [6.07, 6.45) is 0.812. The van der Waals surface area contributed by atoms with Crippen LogP contribution in [0.25, 0.3) is 22.0 Å². The van der Waals surface area contributed by atoms with Gasteiger partial charge in [0.05, 0.1) is 25.9 Å². The molecule has 0 saturated carbocycles. The van der Waals surface area contributed by atoms with Gasteiger partial charge in [0.1, 0.15) is 24.0 Å². The molecule has 0 saturated heterocycles. The van der Waals surface area contributed by atoms with Crippen LogP contribution >= 0.6 is 0 Å². The Morgan fingerprint density at radius 1 is 1.21 bits per heavy atom. The number of ether oxygens (including phenoxy) is 3. The summed E-state index contributed by atoms with van der Waals surface area (Å²) >= 11 is 0. The average Bonchev–Trinajstić information content (AvgIpc) is 3.04. The summed E-state index contributed by atoms with van der Waals surface area (Å²) in [6, 6.07) is 5.42. The molecule has 1 N–H and O–H groups in total. The summed E-state index contributed by atoms with van der Waals surface area (Å²) in [4.78, 5) is 4.51. The van der Waals surface area contributed by atoms with E-state index in [9.17, 15) is 5.11 Å². The van der Waals surface area contributed by atoms with Gasteiger partial charge in [-0.25, -0.2) is 4.98 Å². The second-order valence-corrected chi connectivity index (χ2v) is 5.45. The van der Waals surface area contributed by atoms with Crippen molar-refractivity contribution in [3.8, 4) is 17.2 Å². The van der Waals surface area contributed by atoms with E-state index in [1.54, 1.807) is 32.4 Å². The Labute approximate surface area is 139 Å². The molecule has 3 rings (SSSR count). The molecule has 0 spiro atoms. The van der Waals surface area contributed by atoms with Gasteiger partial charge >= 0.3 is 0 Å². The van der Waals surface area contributed by atoms with Crippen molar-refractivity contribution in [2.75, 3.05) is 20.8 Å². The fourth-order valence-corrected chi connectivity index (χ4v) is 2.50. The summed E-state index contributed by atoms with van der Waals surface area (Å²) in [6.45, 7) is 5.53. The van der Waals surface area contributed by atoms with Crippen molar-refractivity contribution in [2.45, 2.75) is 13.0 Å². The van der Waals surface area contributed by atoms with Crippen LogP contribution in [-0.2, 0) is 0 Å². The molecular formula is C18H19NO5. The maximum Gasteiger partial charge on any atom is 0.230 e. The molecule has 0 aliphatic carbocycles. The third-order valence-electron chi connectivity index (χ3n) is 3.82. The number of hydrogen-bond acceptors (Lipinski definition) is 6. The van der Waals surface area contributed by atoms with E-state index in [0.29, 0.717) is 34.1 Å². The predicted molar refractivity (Wildman–Crippen MR) is 90.9 cm³/mol. The van der Waals surface area contributed by atoms with Gasteiger partial charge in [0.2, 0.25) is 5.71 Å². The lowest BCUT2D eigenvalue weighted by Gasteiger charge is -2.16. The van der Waals surface area contributed by atoms with Crippen LogP contribution in [0.2, 0.25) is 0 Å². The van der Waals surface area contributed by atoms with Crippen LogP contribution in [0.4, 0.5) is 0 Å². The zero-order valence-electron chi connectivity index (χ0n) is 13.8. The largest absolute Gasteiger partial charge is 0.495 e. The molecule has 0 radical (unpaired) electrons. The standard InChI is InChI=1S/C18H19NO5/c1-10(2)13(20)9-24-14-6-5-11-15(17(14)22-4)19-18-12(7-8-23-18)16(11)21-3/h5-8,13,20H,1,9H2,2-4H3. The number of pyridine rings is 1. The fourth-order valence-electron chi connectivity index (χ4n) is 2.50. The van der Waals surface area contributed by atoms with Crippen molar-refractivity contribution in [1.82, 2.24) is 4.98 Å². The van der Waals surface area contributed by atoms with Gasteiger partial charge in [-0.1, -0.05) is 6.58 Å². The quantitative estimate of drug-likeness (QED) is 0.699. The number of methoxy groups -OCH3 is 2. The van der Waals surface area contributed by atoms with Crippen molar-refractivity contribution in [2.24, 2.45) is 0 Å². The Bertz CT molecular complexity index is 899. The number of rotatable bonds is 6. The highest BCUT2D eigenvalue weighted by atomic mass is 16.5. The highest BCUT2D eigenvalue weighted by Gasteiger charge is 2.19. The molecule has 1 unspecified atom stereocenters. The van der Waals surface area contributed by atoms with E-state index in [1.807, 2.05) is 6.07 Å². The maximum absolute atomic E-state index is 9.84. The van der Waals surface area contributed by atoms with Crippen molar-refractivity contribution >= 4 is 22.0 Å². The highest BCUT2D eigenvalue weighted by Crippen LogP contribution is 2.41. The molecule has 126 valence electrons. The summed E-state index contributed by atoms with van der Waals surface area (Å²) in [7, 11) is 3.14. The highest BCUT2D eigenvalue weighted by molar-refractivity contribution is 6.02. The summed E-state index contributed by atoms with van der Waals surface area (Å²) in [5.74, 6) is 1.60. The van der Waals surface area contributed by atoms with E-state index in [2.05, 4.69) is 11.6 Å². The molecule has 0 aliphatic rings. The Morgan fingerprint density at radius 2 is 1.96 bits per heavy atom. The number of fused-ring (bicyclic) bond motifs is 2. The number of furan rings is 1. The van der Waals surface area contributed by atoms with Crippen LogP contribution in [0, 0.1) is 0 Å². The minimum Gasteiger partial charge on any atom is -0.495 e. The van der Waals surface area contributed by atoms with E-state index >= 15 is 0 Å². The number of benzene rings is 1. The first-order valence-electron chi connectivity index (χ1n) is 7.45. The van der Waals surface area contributed by atoms with E-state index in [-0.39, 0.29) is 6.61 Å². The molecule has 2 heterocycles. The first-order valence-corrected chi connectivity index (χ1v) is 7.45. The van der Waals surface area contributed by atoms with Crippen LogP contribution in [0.3, 0.4) is 0 Å². The minimum atomic E-state index is -0.750. The molecule has 1 aromatic carbocycles. The van der Waals surface area contributed by atoms with Gasteiger partial charge in [0.25, 0.3) is 0 Å². The monoisotopic (exact) mass is 329 g/mol. The van der Waals surface area contributed by atoms with Crippen LogP contribution in [0.15, 0.2) is 41.0 Å². The average molecular weight is 329 g/mol. The summed E-state index contributed by atoms with van der Waals surface area (Å²) < 4.78 is 22.1. The van der Waals surface area contributed by atoms with Crippen LogP contribution in [0.1, 0.15) is 6.92 Å². The first-order chi connectivity index (χ1) is 11.6. The van der Waals surface area contributed by atoms with E-state index < -0.39 is 6.10 Å². The van der Waals surface area contributed by atoms with Crippen molar-refractivity contribution in [3.63, 3.8) is 0 Å². The minimum absolute atomic E-state index is 0.0807. The maximum atomic E-state index is 9.84. The predicted octanol–water partition coefficient (Wildman–Crippen LogP) is 3.31.